The largest absolute Gasteiger partial charge is 0.504 e. The predicted molar refractivity (Wildman–Crippen MR) is 90.5 cm³/mol. The summed E-state index contributed by atoms with van der Waals surface area (Å²) in [5.41, 5.74) is 5.58. The Bertz CT molecular complexity index is 746. The Morgan fingerprint density at radius 1 is 1.27 bits per heavy atom. The molecule has 2 aromatic rings. The number of phenols is 1. The fourth-order valence-electron chi connectivity index (χ4n) is 3.68. The smallest absolute Gasteiger partial charge is 0.168 e. The van der Waals surface area contributed by atoms with E-state index in [1.54, 1.807) is 7.11 Å². The normalized spacial score (nSPS) is 18.0. The summed E-state index contributed by atoms with van der Waals surface area (Å²) in [4.78, 5) is 0. The number of hydrogen-bond donors (Lipinski definition) is 2. The maximum Gasteiger partial charge on any atom is 0.168 e. The zero-order valence-electron chi connectivity index (χ0n) is 12.1. The van der Waals surface area contributed by atoms with Crippen molar-refractivity contribution in [2.24, 2.45) is 0 Å². The van der Waals surface area contributed by atoms with E-state index in [2.05, 4.69) is 11.4 Å². The number of nitrogens with one attached hydrogen (secondary N) is 1. The third-order valence-electron chi connectivity index (χ3n) is 4.50. The second kappa shape index (κ2) is 5.65. The lowest BCUT2D eigenvalue weighted by Gasteiger charge is -2.35. The van der Waals surface area contributed by atoms with E-state index in [1.165, 1.54) is 16.7 Å². The van der Waals surface area contributed by atoms with Crippen LogP contribution in [0.1, 0.15) is 22.7 Å². The summed E-state index contributed by atoms with van der Waals surface area (Å²) < 4.78 is 5.49. The van der Waals surface area contributed by atoms with Gasteiger partial charge in [0, 0.05) is 22.2 Å². The first-order valence-corrected chi connectivity index (χ1v) is 7.52. The van der Waals surface area contributed by atoms with E-state index in [-0.39, 0.29) is 24.2 Å². The highest BCUT2D eigenvalue weighted by Gasteiger charge is 2.34. The first-order valence-electron chi connectivity index (χ1n) is 7.14. The number of ether oxygens (including phenoxy) is 1. The lowest BCUT2D eigenvalue weighted by Crippen LogP contribution is -2.33. The van der Waals surface area contributed by atoms with Crippen molar-refractivity contribution in [1.29, 1.82) is 0 Å². The highest BCUT2D eigenvalue weighted by Crippen LogP contribution is 2.52. The molecular weight excluding hydrogens is 321 g/mol. The van der Waals surface area contributed by atoms with Gasteiger partial charge in [0.1, 0.15) is 0 Å². The molecule has 0 bridgehead atoms. The highest BCUT2D eigenvalue weighted by atomic mass is 35.5. The average molecular weight is 338 g/mol. The monoisotopic (exact) mass is 337 g/mol. The van der Waals surface area contributed by atoms with Crippen molar-refractivity contribution < 1.29 is 9.84 Å². The molecule has 2 N–H and O–H groups in total. The van der Waals surface area contributed by atoms with Gasteiger partial charge in [-0.05, 0) is 48.2 Å². The van der Waals surface area contributed by atoms with Gasteiger partial charge in [0.2, 0.25) is 0 Å². The summed E-state index contributed by atoms with van der Waals surface area (Å²) in [6.07, 6.45) is 1.83. The molecular formula is C17H17Cl2NO2. The van der Waals surface area contributed by atoms with E-state index in [9.17, 15) is 5.11 Å². The van der Waals surface area contributed by atoms with Gasteiger partial charge in [0.15, 0.2) is 11.5 Å². The van der Waals surface area contributed by atoms with Crippen LogP contribution in [-0.2, 0) is 12.8 Å². The van der Waals surface area contributed by atoms with E-state index < -0.39 is 0 Å². The third kappa shape index (κ3) is 2.08. The van der Waals surface area contributed by atoms with Crippen LogP contribution in [0, 0.1) is 0 Å². The maximum absolute atomic E-state index is 10.3. The molecule has 116 valence electrons. The zero-order valence-corrected chi connectivity index (χ0v) is 13.7. The van der Waals surface area contributed by atoms with Gasteiger partial charge < -0.3 is 15.2 Å². The van der Waals surface area contributed by atoms with Crippen LogP contribution in [0.4, 0.5) is 0 Å². The fraction of sp³-hybridized carbons (Fsp3) is 0.294. The molecule has 1 heterocycles. The molecule has 5 heteroatoms. The standard InChI is InChI=1S/C17H16ClNO2.ClH/c1-21-17-13(20)8-10-5-6-19-12-7-9-3-2-4-11(18)14(9)16(17)15(10)12;/h2-4,8,12,19-20H,5-7H2,1H3;1H/t12-;/m0./s1. The molecule has 1 aliphatic heterocycles. The number of aromatic hydroxyl groups is 1. The van der Waals surface area contributed by atoms with Gasteiger partial charge in [-0.1, -0.05) is 23.7 Å². The van der Waals surface area contributed by atoms with Gasteiger partial charge in [-0.15, -0.1) is 12.4 Å². The average Bonchev–Trinajstić information content (AvgIpc) is 2.47. The van der Waals surface area contributed by atoms with E-state index >= 15 is 0 Å². The third-order valence-corrected chi connectivity index (χ3v) is 4.81. The van der Waals surface area contributed by atoms with Crippen LogP contribution in [-0.4, -0.2) is 18.8 Å². The summed E-state index contributed by atoms with van der Waals surface area (Å²) in [7, 11) is 1.59. The predicted octanol–water partition coefficient (Wildman–Crippen LogP) is 3.89. The van der Waals surface area contributed by atoms with Crippen LogP contribution in [0.2, 0.25) is 5.02 Å². The summed E-state index contributed by atoms with van der Waals surface area (Å²) >= 11 is 6.45. The molecule has 2 aliphatic rings. The van der Waals surface area contributed by atoms with Crippen LogP contribution >= 0.6 is 24.0 Å². The molecule has 0 saturated heterocycles. The second-order valence-corrected chi connectivity index (χ2v) is 6.02. The minimum Gasteiger partial charge on any atom is -0.504 e. The Hall–Kier alpha value is -1.42. The quantitative estimate of drug-likeness (QED) is 0.829. The summed E-state index contributed by atoms with van der Waals surface area (Å²) in [5, 5.41) is 14.6. The van der Waals surface area contributed by atoms with Crippen molar-refractivity contribution in [3.05, 3.63) is 46.0 Å². The van der Waals surface area contributed by atoms with E-state index in [0.717, 1.165) is 30.5 Å². The molecule has 0 aromatic heterocycles. The molecule has 4 rings (SSSR count). The fourth-order valence-corrected chi connectivity index (χ4v) is 3.96. The number of phenolic OH excluding ortho intramolecular Hbond substituents is 1. The molecule has 0 fully saturated rings. The van der Waals surface area contributed by atoms with Crippen LogP contribution in [0.5, 0.6) is 11.5 Å². The van der Waals surface area contributed by atoms with Crippen molar-refractivity contribution in [2.75, 3.05) is 13.7 Å². The Labute approximate surface area is 140 Å². The topological polar surface area (TPSA) is 41.5 Å². The van der Waals surface area contributed by atoms with Crippen molar-refractivity contribution in [1.82, 2.24) is 5.32 Å². The van der Waals surface area contributed by atoms with Crippen LogP contribution in [0.25, 0.3) is 11.1 Å². The van der Waals surface area contributed by atoms with Crippen molar-refractivity contribution in [3.8, 4) is 22.6 Å². The van der Waals surface area contributed by atoms with Crippen LogP contribution in [0.15, 0.2) is 24.3 Å². The van der Waals surface area contributed by atoms with Gasteiger partial charge in [0.05, 0.1) is 7.11 Å². The molecule has 0 saturated carbocycles. The lowest BCUT2D eigenvalue weighted by molar-refractivity contribution is 0.371. The number of benzene rings is 2. The Morgan fingerprint density at radius 3 is 2.86 bits per heavy atom. The highest BCUT2D eigenvalue weighted by molar-refractivity contribution is 6.33. The number of rotatable bonds is 1. The first kappa shape index (κ1) is 15.5. The number of fused-ring (bicyclic) bond motifs is 2. The number of methoxy groups -OCH3 is 1. The Kier molecular flexibility index (Phi) is 3.98. The molecule has 3 nitrogen and oxygen atoms in total. The van der Waals surface area contributed by atoms with E-state index in [0.29, 0.717) is 10.8 Å². The molecule has 0 unspecified atom stereocenters. The molecule has 0 amide bonds. The van der Waals surface area contributed by atoms with Crippen molar-refractivity contribution in [2.45, 2.75) is 18.9 Å². The minimum absolute atomic E-state index is 0. The zero-order chi connectivity index (χ0) is 14.6. The first-order chi connectivity index (χ1) is 10.2. The van der Waals surface area contributed by atoms with Crippen molar-refractivity contribution in [3.63, 3.8) is 0 Å². The SMILES string of the molecule is COc1c(O)cc2c3c1-c1c(Cl)cccc1C[C@@H]3NCC2.Cl. The van der Waals surface area contributed by atoms with Gasteiger partial charge in [-0.3, -0.25) is 0 Å². The number of halogens is 2. The maximum atomic E-state index is 10.3. The Morgan fingerprint density at radius 2 is 2.09 bits per heavy atom. The minimum atomic E-state index is 0. The lowest BCUT2D eigenvalue weighted by atomic mass is 9.77. The summed E-state index contributed by atoms with van der Waals surface area (Å²) in [6, 6.07) is 8.08. The molecule has 1 aliphatic carbocycles. The molecule has 2 aromatic carbocycles. The number of hydrogen-bond acceptors (Lipinski definition) is 3. The van der Waals surface area contributed by atoms with Gasteiger partial charge >= 0.3 is 0 Å². The summed E-state index contributed by atoms with van der Waals surface area (Å²) in [5.74, 6) is 0.719. The molecule has 0 radical (unpaired) electrons. The van der Waals surface area contributed by atoms with Crippen LogP contribution in [0.3, 0.4) is 0 Å². The van der Waals surface area contributed by atoms with E-state index in [1.807, 2.05) is 18.2 Å². The van der Waals surface area contributed by atoms with Crippen LogP contribution < -0.4 is 10.1 Å². The second-order valence-electron chi connectivity index (χ2n) is 5.61. The van der Waals surface area contributed by atoms with Crippen molar-refractivity contribution >= 4 is 24.0 Å². The Balaban J connectivity index is 0.00000144. The van der Waals surface area contributed by atoms with Gasteiger partial charge in [0.25, 0.3) is 0 Å². The van der Waals surface area contributed by atoms with Gasteiger partial charge in [-0.2, -0.15) is 0 Å². The molecule has 1 atom stereocenters. The molecule has 0 spiro atoms. The molecule has 22 heavy (non-hydrogen) atoms. The summed E-state index contributed by atoms with van der Waals surface area (Å²) in [6.45, 7) is 0.929. The van der Waals surface area contributed by atoms with E-state index in [4.69, 9.17) is 16.3 Å². The van der Waals surface area contributed by atoms with Gasteiger partial charge in [-0.25, -0.2) is 0 Å².